The van der Waals surface area contributed by atoms with Crippen LogP contribution in [0.5, 0.6) is 0 Å². The molecule has 1 fully saturated rings. The van der Waals surface area contributed by atoms with Gasteiger partial charge in [0.1, 0.15) is 0 Å². The van der Waals surface area contributed by atoms with E-state index in [0.29, 0.717) is 17.8 Å². The average Bonchev–Trinajstić information content (AvgIpc) is 3.06. The maximum atomic E-state index is 12.9. The van der Waals surface area contributed by atoms with E-state index in [1.165, 1.54) is 17.0 Å². The number of amides is 3. The van der Waals surface area contributed by atoms with Crippen molar-refractivity contribution in [2.75, 3.05) is 16.8 Å². The van der Waals surface area contributed by atoms with Crippen molar-refractivity contribution in [3.05, 3.63) is 71.3 Å². The van der Waals surface area contributed by atoms with Crippen LogP contribution < -0.4 is 10.2 Å². The molecule has 0 bridgehead atoms. The number of benzene rings is 2. The van der Waals surface area contributed by atoms with E-state index in [1.54, 1.807) is 12.1 Å². The Labute approximate surface area is 192 Å². The molecule has 4 rings (SSSR count). The van der Waals surface area contributed by atoms with Crippen LogP contribution in [0.1, 0.15) is 34.8 Å². The van der Waals surface area contributed by atoms with Gasteiger partial charge in [-0.05, 0) is 61.6 Å². The topological polar surface area (TPSA) is 92.8 Å². The quantitative estimate of drug-likeness (QED) is 0.428. The van der Waals surface area contributed by atoms with Gasteiger partial charge in [0.25, 0.3) is 5.91 Å². The second-order valence-electron chi connectivity index (χ2n) is 8.61. The molecule has 170 valence electrons. The van der Waals surface area contributed by atoms with Gasteiger partial charge >= 0.3 is 5.97 Å². The van der Waals surface area contributed by atoms with Crippen LogP contribution in [-0.2, 0) is 19.1 Å². The Morgan fingerprint density at radius 1 is 1.03 bits per heavy atom. The van der Waals surface area contributed by atoms with Crippen LogP contribution in [0.15, 0.2) is 54.6 Å². The lowest BCUT2D eigenvalue weighted by Gasteiger charge is -2.22. The molecule has 0 radical (unpaired) electrons. The summed E-state index contributed by atoms with van der Waals surface area (Å²) in [5, 5.41) is 2.77. The van der Waals surface area contributed by atoms with Crippen LogP contribution in [-0.4, -0.2) is 30.3 Å². The maximum absolute atomic E-state index is 12.9. The number of imide groups is 1. The standard InChI is InChI=1S/C26H26N2O5/c1-15-6-5-9-20-22(15)25(31)28(24(20)30)19-12-10-18(11-13-19)26(32)33-14-21(29)27-23-16(2)7-4-8-17(23)3/h4-8,10-13,15,20,22H,9,14H2,1-3H3,(H,27,29)/t15-,20+,22+/m0/s1. The summed E-state index contributed by atoms with van der Waals surface area (Å²) in [5.74, 6) is -2.19. The van der Waals surface area contributed by atoms with Crippen LogP contribution in [0.3, 0.4) is 0 Å². The molecule has 0 aromatic heterocycles. The fraction of sp³-hybridized carbons (Fsp3) is 0.308. The van der Waals surface area contributed by atoms with E-state index >= 15 is 0 Å². The predicted octanol–water partition coefficient (Wildman–Crippen LogP) is 3.80. The molecule has 3 amide bonds. The molecule has 0 spiro atoms. The molecule has 1 saturated heterocycles. The molecule has 7 nitrogen and oxygen atoms in total. The number of anilines is 2. The number of para-hydroxylation sites is 1. The van der Waals surface area contributed by atoms with Gasteiger partial charge in [-0.3, -0.25) is 19.3 Å². The fourth-order valence-electron chi connectivity index (χ4n) is 4.55. The van der Waals surface area contributed by atoms with Crippen LogP contribution in [0.25, 0.3) is 0 Å². The number of carbonyl (C=O) groups excluding carboxylic acids is 4. The first kappa shape index (κ1) is 22.5. The summed E-state index contributed by atoms with van der Waals surface area (Å²) >= 11 is 0. The van der Waals surface area contributed by atoms with Crippen molar-refractivity contribution in [1.29, 1.82) is 0 Å². The summed E-state index contributed by atoms with van der Waals surface area (Å²) in [6.45, 7) is 5.29. The lowest BCUT2D eigenvalue weighted by atomic mass is 9.78. The minimum Gasteiger partial charge on any atom is -0.452 e. The number of allylic oxidation sites excluding steroid dienone is 2. The summed E-state index contributed by atoms with van der Waals surface area (Å²) in [5.41, 5.74) is 3.19. The number of carbonyl (C=O) groups is 4. The zero-order valence-electron chi connectivity index (χ0n) is 18.8. The largest absolute Gasteiger partial charge is 0.452 e. The van der Waals surface area contributed by atoms with Gasteiger partial charge in [0.05, 0.1) is 23.1 Å². The van der Waals surface area contributed by atoms with Crippen LogP contribution >= 0.6 is 0 Å². The van der Waals surface area contributed by atoms with Gasteiger partial charge in [-0.2, -0.15) is 0 Å². The molecular weight excluding hydrogens is 420 g/mol. The van der Waals surface area contributed by atoms with Crippen molar-refractivity contribution in [2.45, 2.75) is 27.2 Å². The first-order chi connectivity index (χ1) is 15.8. The molecule has 33 heavy (non-hydrogen) atoms. The van der Waals surface area contributed by atoms with E-state index in [1.807, 2.05) is 51.1 Å². The number of nitrogens with one attached hydrogen (secondary N) is 1. The SMILES string of the molecule is Cc1cccc(C)c1NC(=O)COC(=O)c1ccc(N2C(=O)[C@@H]3[C@@H](C)C=CC[C@H]3C2=O)cc1. The van der Waals surface area contributed by atoms with E-state index in [-0.39, 0.29) is 35.1 Å². The van der Waals surface area contributed by atoms with Crippen LogP contribution in [0.4, 0.5) is 11.4 Å². The van der Waals surface area contributed by atoms with Crippen molar-refractivity contribution >= 4 is 35.1 Å². The zero-order chi connectivity index (χ0) is 23.7. The first-order valence-electron chi connectivity index (χ1n) is 11.0. The van der Waals surface area contributed by atoms with Crippen molar-refractivity contribution in [3.8, 4) is 0 Å². The van der Waals surface area contributed by atoms with Crippen LogP contribution in [0.2, 0.25) is 0 Å². The number of aryl methyl sites for hydroxylation is 2. The Kier molecular flexibility index (Phi) is 6.14. The Hall–Kier alpha value is -3.74. The number of hydrogen-bond donors (Lipinski definition) is 1. The third kappa shape index (κ3) is 4.31. The van der Waals surface area contributed by atoms with Gasteiger partial charge in [0, 0.05) is 5.69 Å². The molecule has 7 heteroatoms. The summed E-state index contributed by atoms with van der Waals surface area (Å²) in [7, 11) is 0. The Bertz CT molecular complexity index is 1130. The zero-order valence-corrected chi connectivity index (χ0v) is 18.8. The molecule has 2 aromatic carbocycles. The smallest absolute Gasteiger partial charge is 0.338 e. The number of ether oxygens (including phenoxy) is 1. The van der Waals surface area contributed by atoms with E-state index in [9.17, 15) is 19.2 Å². The van der Waals surface area contributed by atoms with Gasteiger partial charge < -0.3 is 10.1 Å². The van der Waals surface area contributed by atoms with Gasteiger partial charge in [-0.25, -0.2) is 4.79 Å². The highest BCUT2D eigenvalue weighted by Crippen LogP contribution is 2.40. The monoisotopic (exact) mass is 446 g/mol. The molecule has 0 unspecified atom stereocenters. The number of rotatable bonds is 5. The van der Waals surface area contributed by atoms with Gasteiger partial charge in [-0.15, -0.1) is 0 Å². The summed E-state index contributed by atoms with van der Waals surface area (Å²) < 4.78 is 5.13. The lowest BCUT2D eigenvalue weighted by Crippen LogP contribution is -2.31. The second-order valence-corrected chi connectivity index (χ2v) is 8.61. The van der Waals surface area contributed by atoms with Crippen molar-refractivity contribution in [3.63, 3.8) is 0 Å². The Morgan fingerprint density at radius 2 is 1.70 bits per heavy atom. The van der Waals surface area contributed by atoms with E-state index in [2.05, 4.69) is 5.32 Å². The molecule has 1 aliphatic carbocycles. The lowest BCUT2D eigenvalue weighted by molar-refractivity contribution is -0.123. The minimum absolute atomic E-state index is 0.00839. The minimum atomic E-state index is -0.663. The molecule has 1 heterocycles. The van der Waals surface area contributed by atoms with Crippen LogP contribution in [0, 0.1) is 31.6 Å². The predicted molar refractivity (Wildman–Crippen MR) is 124 cm³/mol. The van der Waals surface area contributed by atoms with Crippen molar-refractivity contribution in [2.24, 2.45) is 17.8 Å². The first-order valence-corrected chi connectivity index (χ1v) is 11.0. The Balaban J connectivity index is 1.38. The van der Waals surface area contributed by atoms with E-state index in [0.717, 1.165) is 11.1 Å². The summed E-state index contributed by atoms with van der Waals surface area (Å²) in [6, 6.07) is 11.8. The molecule has 3 atom stereocenters. The molecular formula is C26H26N2O5. The van der Waals surface area contributed by atoms with Crippen molar-refractivity contribution < 1.29 is 23.9 Å². The molecule has 2 aliphatic rings. The molecule has 1 N–H and O–H groups in total. The van der Waals surface area contributed by atoms with Gasteiger partial charge in [0.2, 0.25) is 11.8 Å². The molecule has 1 aliphatic heterocycles. The normalized spacial score (nSPS) is 21.7. The number of nitrogens with zero attached hydrogens (tertiary/aromatic N) is 1. The summed E-state index contributed by atoms with van der Waals surface area (Å²) in [6.07, 6.45) is 4.49. The third-order valence-electron chi connectivity index (χ3n) is 6.31. The molecule has 2 aromatic rings. The number of esters is 1. The number of fused-ring (bicyclic) bond motifs is 1. The Morgan fingerprint density at radius 3 is 2.33 bits per heavy atom. The van der Waals surface area contributed by atoms with E-state index < -0.39 is 18.5 Å². The third-order valence-corrected chi connectivity index (χ3v) is 6.31. The van der Waals surface area contributed by atoms with E-state index in [4.69, 9.17) is 4.74 Å². The van der Waals surface area contributed by atoms with Gasteiger partial charge in [-0.1, -0.05) is 37.3 Å². The maximum Gasteiger partial charge on any atom is 0.338 e. The van der Waals surface area contributed by atoms with Crippen molar-refractivity contribution in [1.82, 2.24) is 0 Å². The number of hydrogen-bond acceptors (Lipinski definition) is 5. The second kappa shape index (κ2) is 9.02. The molecule has 0 saturated carbocycles. The summed E-state index contributed by atoms with van der Waals surface area (Å²) in [4.78, 5) is 51.5. The highest BCUT2D eigenvalue weighted by Gasteiger charge is 2.50. The van der Waals surface area contributed by atoms with Gasteiger partial charge in [0.15, 0.2) is 6.61 Å². The average molecular weight is 447 g/mol. The highest BCUT2D eigenvalue weighted by molar-refractivity contribution is 6.22. The highest BCUT2D eigenvalue weighted by atomic mass is 16.5. The fourth-order valence-corrected chi connectivity index (χ4v) is 4.55.